The van der Waals surface area contributed by atoms with E-state index in [1.54, 1.807) is 25.3 Å². The van der Waals surface area contributed by atoms with Gasteiger partial charge < -0.3 is 20.1 Å². The molecule has 7 heteroatoms. The Morgan fingerprint density at radius 1 is 1.18 bits per heavy atom. The van der Waals surface area contributed by atoms with E-state index in [-0.39, 0.29) is 18.4 Å². The molecule has 1 aromatic rings. The molecule has 0 radical (unpaired) electrons. The number of nitrogens with one attached hydrogen (secondary N) is 2. The van der Waals surface area contributed by atoms with Crippen LogP contribution in [0.5, 0.6) is 0 Å². The van der Waals surface area contributed by atoms with Crippen LogP contribution in [0.1, 0.15) is 16.8 Å². The van der Waals surface area contributed by atoms with E-state index in [0.717, 1.165) is 10.9 Å². The van der Waals surface area contributed by atoms with Gasteiger partial charge in [-0.05, 0) is 24.6 Å². The normalized spacial score (nSPS) is 10.3. The molecule has 2 amide bonds. The maximum atomic E-state index is 11.8. The first-order valence-corrected chi connectivity index (χ1v) is 7.80. The Hall–Kier alpha value is -1.44. The van der Waals surface area contributed by atoms with E-state index in [2.05, 4.69) is 26.6 Å². The molecule has 122 valence electrons. The molecule has 0 aliphatic rings. The molecular weight excluding hydrogens is 352 g/mol. The van der Waals surface area contributed by atoms with Crippen LogP contribution in [0.3, 0.4) is 0 Å². The highest BCUT2D eigenvalue weighted by Crippen LogP contribution is 2.11. The van der Waals surface area contributed by atoms with Gasteiger partial charge in [-0.2, -0.15) is 0 Å². The van der Waals surface area contributed by atoms with Crippen molar-refractivity contribution >= 4 is 27.7 Å². The summed E-state index contributed by atoms with van der Waals surface area (Å²) in [7, 11) is 1.62. The summed E-state index contributed by atoms with van der Waals surface area (Å²) in [6.45, 7) is 2.14. The zero-order valence-electron chi connectivity index (χ0n) is 12.6. The summed E-state index contributed by atoms with van der Waals surface area (Å²) >= 11 is 3.30. The van der Waals surface area contributed by atoms with Crippen molar-refractivity contribution in [3.63, 3.8) is 0 Å². The standard InChI is InChI=1S/C15H21BrN2O4/c1-21-8-9-22-7-3-6-17-14(19)11-18-15(20)12-4-2-5-13(16)10-12/h2,4-5,10H,3,6-9,11H2,1H3,(H,17,19)(H,18,20). The van der Waals surface area contributed by atoms with Crippen LogP contribution < -0.4 is 10.6 Å². The smallest absolute Gasteiger partial charge is 0.251 e. The van der Waals surface area contributed by atoms with Gasteiger partial charge in [-0.25, -0.2) is 0 Å². The number of ether oxygens (including phenoxy) is 2. The molecule has 1 aromatic carbocycles. The quantitative estimate of drug-likeness (QED) is 0.607. The van der Waals surface area contributed by atoms with Crippen molar-refractivity contribution in [2.24, 2.45) is 0 Å². The third-order valence-electron chi connectivity index (χ3n) is 2.72. The van der Waals surface area contributed by atoms with Crippen molar-refractivity contribution in [1.29, 1.82) is 0 Å². The van der Waals surface area contributed by atoms with E-state index in [1.807, 2.05) is 6.07 Å². The predicted octanol–water partition coefficient (Wildman–Crippen LogP) is 1.35. The number of halogens is 1. The topological polar surface area (TPSA) is 76.7 Å². The predicted molar refractivity (Wildman–Crippen MR) is 86.8 cm³/mol. The Bertz CT molecular complexity index is 482. The van der Waals surface area contributed by atoms with Gasteiger partial charge in [-0.1, -0.05) is 22.0 Å². The Labute approximate surface area is 138 Å². The fraction of sp³-hybridized carbons (Fsp3) is 0.467. The number of benzene rings is 1. The maximum Gasteiger partial charge on any atom is 0.251 e. The molecule has 0 saturated heterocycles. The molecule has 2 N–H and O–H groups in total. The van der Waals surface area contributed by atoms with Crippen molar-refractivity contribution in [2.75, 3.05) is 40.0 Å². The van der Waals surface area contributed by atoms with Gasteiger partial charge in [0, 0.05) is 30.3 Å². The molecule has 0 aliphatic heterocycles. The van der Waals surface area contributed by atoms with Crippen LogP contribution in [0.2, 0.25) is 0 Å². The molecule has 0 aliphatic carbocycles. The lowest BCUT2D eigenvalue weighted by atomic mass is 10.2. The Morgan fingerprint density at radius 3 is 2.73 bits per heavy atom. The van der Waals surface area contributed by atoms with Crippen molar-refractivity contribution in [1.82, 2.24) is 10.6 Å². The van der Waals surface area contributed by atoms with Crippen LogP contribution in [0.4, 0.5) is 0 Å². The summed E-state index contributed by atoms with van der Waals surface area (Å²) in [6, 6.07) is 6.99. The van der Waals surface area contributed by atoms with E-state index in [4.69, 9.17) is 9.47 Å². The first kappa shape index (κ1) is 18.6. The van der Waals surface area contributed by atoms with Gasteiger partial charge in [-0.3, -0.25) is 9.59 Å². The van der Waals surface area contributed by atoms with Gasteiger partial charge in [0.05, 0.1) is 19.8 Å². The SMILES string of the molecule is COCCOCCCNC(=O)CNC(=O)c1cccc(Br)c1. The average molecular weight is 373 g/mol. The van der Waals surface area contributed by atoms with E-state index >= 15 is 0 Å². The zero-order valence-corrected chi connectivity index (χ0v) is 14.1. The highest BCUT2D eigenvalue weighted by molar-refractivity contribution is 9.10. The van der Waals surface area contributed by atoms with Crippen molar-refractivity contribution < 1.29 is 19.1 Å². The number of amides is 2. The first-order valence-electron chi connectivity index (χ1n) is 7.00. The minimum atomic E-state index is -0.278. The summed E-state index contributed by atoms with van der Waals surface area (Å²) in [5.74, 6) is -0.500. The van der Waals surface area contributed by atoms with Crippen LogP contribution in [0.15, 0.2) is 28.7 Å². The molecule has 0 spiro atoms. The fourth-order valence-corrected chi connectivity index (χ4v) is 2.00. The minimum absolute atomic E-state index is 0.0458. The lowest BCUT2D eigenvalue weighted by Gasteiger charge is -2.07. The molecule has 0 unspecified atom stereocenters. The fourth-order valence-electron chi connectivity index (χ4n) is 1.60. The van der Waals surface area contributed by atoms with Crippen molar-refractivity contribution in [3.05, 3.63) is 34.3 Å². The summed E-state index contributed by atoms with van der Waals surface area (Å²) in [5, 5.41) is 5.29. The molecule has 1 rings (SSSR count). The molecule has 0 bridgehead atoms. The third-order valence-corrected chi connectivity index (χ3v) is 3.21. The highest BCUT2D eigenvalue weighted by Gasteiger charge is 2.07. The van der Waals surface area contributed by atoms with Crippen LogP contribution in [-0.4, -0.2) is 51.8 Å². The second-order valence-corrected chi connectivity index (χ2v) is 5.42. The summed E-state index contributed by atoms with van der Waals surface area (Å²) in [5.41, 5.74) is 0.508. The second-order valence-electron chi connectivity index (χ2n) is 4.50. The molecular formula is C15H21BrN2O4. The summed E-state index contributed by atoms with van der Waals surface area (Å²) in [4.78, 5) is 23.4. The zero-order chi connectivity index (χ0) is 16.2. The molecule has 22 heavy (non-hydrogen) atoms. The van der Waals surface area contributed by atoms with E-state index in [0.29, 0.717) is 31.9 Å². The maximum absolute atomic E-state index is 11.8. The first-order chi connectivity index (χ1) is 10.6. The molecule has 0 saturated carbocycles. The molecule has 0 fully saturated rings. The van der Waals surface area contributed by atoms with Gasteiger partial charge in [0.2, 0.25) is 5.91 Å². The second kappa shape index (κ2) is 11.2. The number of rotatable bonds is 10. The highest BCUT2D eigenvalue weighted by atomic mass is 79.9. The summed E-state index contributed by atoms with van der Waals surface area (Å²) < 4.78 is 10.9. The van der Waals surface area contributed by atoms with Crippen LogP contribution >= 0.6 is 15.9 Å². The van der Waals surface area contributed by atoms with Gasteiger partial charge in [0.1, 0.15) is 0 Å². The molecule has 6 nitrogen and oxygen atoms in total. The van der Waals surface area contributed by atoms with Crippen LogP contribution in [0, 0.1) is 0 Å². The largest absolute Gasteiger partial charge is 0.382 e. The minimum Gasteiger partial charge on any atom is -0.382 e. The van der Waals surface area contributed by atoms with Crippen molar-refractivity contribution in [3.8, 4) is 0 Å². The van der Waals surface area contributed by atoms with Crippen LogP contribution in [-0.2, 0) is 14.3 Å². The third kappa shape index (κ3) is 8.11. The van der Waals surface area contributed by atoms with Crippen LogP contribution in [0.25, 0.3) is 0 Å². The number of methoxy groups -OCH3 is 1. The summed E-state index contributed by atoms with van der Waals surface area (Å²) in [6.07, 6.45) is 0.717. The monoisotopic (exact) mass is 372 g/mol. The molecule has 0 aromatic heterocycles. The van der Waals surface area contributed by atoms with E-state index in [1.165, 1.54) is 0 Å². The lowest BCUT2D eigenvalue weighted by Crippen LogP contribution is -2.37. The number of carbonyl (C=O) groups is 2. The Morgan fingerprint density at radius 2 is 2.00 bits per heavy atom. The molecule has 0 heterocycles. The van der Waals surface area contributed by atoms with Gasteiger partial charge in [0.15, 0.2) is 0 Å². The lowest BCUT2D eigenvalue weighted by molar-refractivity contribution is -0.120. The van der Waals surface area contributed by atoms with E-state index < -0.39 is 0 Å². The average Bonchev–Trinajstić information content (AvgIpc) is 2.51. The van der Waals surface area contributed by atoms with Gasteiger partial charge in [-0.15, -0.1) is 0 Å². The molecule has 0 atom stereocenters. The number of carbonyl (C=O) groups excluding carboxylic acids is 2. The van der Waals surface area contributed by atoms with E-state index in [9.17, 15) is 9.59 Å². The Balaban J connectivity index is 2.11. The van der Waals surface area contributed by atoms with Crippen molar-refractivity contribution in [2.45, 2.75) is 6.42 Å². The van der Waals surface area contributed by atoms with Gasteiger partial charge in [0.25, 0.3) is 5.91 Å². The Kier molecular flexibility index (Phi) is 9.45. The van der Waals surface area contributed by atoms with Gasteiger partial charge >= 0.3 is 0 Å². The number of hydrogen-bond acceptors (Lipinski definition) is 4. The number of hydrogen-bond donors (Lipinski definition) is 2.